The molecule has 6 nitrogen and oxygen atoms in total. The van der Waals surface area contributed by atoms with Crippen molar-refractivity contribution >= 4 is 11.9 Å². The van der Waals surface area contributed by atoms with Crippen LogP contribution in [0.5, 0.6) is 0 Å². The Morgan fingerprint density at radius 1 is 1.40 bits per heavy atom. The zero-order valence-electron chi connectivity index (χ0n) is 10.9. The molecule has 20 heavy (non-hydrogen) atoms. The van der Waals surface area contributed by atoms with Gasteiger partial charge in [0.15, 0.2) is 5.69 Å². The van der Waals surface area contributed by atoms with Gasteiger partial charge in [-0.15, -0.1) is 0 Å². The number of nitrogens with zero attached hydrogens (tertiary/aromatic N) is 2. The fourth-order valence-electron chi connectivity index (χ4n) is 2.22. The van der Waals surface area contributed by atoms with Crippen LogP contribution >= 0.6 is 0 Å². The average molecular weight is 271 g/mol. The van der Waals surface area contributed by atoms with E-state index in [2.05, 4.69) is 10.4 Å². The molecule has 102 valence electrons. The third-order valence-corrected chi connectivity index (χ3v) is 3.09. The Morgan fingerprint density at radius 3 is 2.85 bits per heavy atom. The van der Waals surface area contributed by atoms with Gasteiger partial charge >= 0.3 is 5.97 Å². The van der Waals surface area contributed by atoms with Crippen LogP contribution in [-0.2, 0) is 11.3 Å². The number of hydrogen-bond donors (Lipinski definition) is 1. The minimum absolute atomic E-state index is 0.198. The number of benzene rings is 1. The first-order valence-corrected chi connectivity index (χ1v) is 6.35. The van der Waals surface area contributed by atoms with Gasteiger partial charge in [0.2, 0.25) is 0 Å². The molecule has 0 saturated carbocycles. The molecule has 0 aliphatic carbocycles. The van der Waals surface area contributed by atoms with Crippen LogP contribution in [0.3, 0.4) is 0 Å². The second-order valence-electron chi connectivity index (χ2n) is 4.33. The molecule has 1 aromatic carbocycles. The summed E-state index contributed by atoms with van der Waals surface area (Å²) in [4.78, 5) is 23.8. The van der Waals surface area contributed by atoms with E-state index < -0.39 is 5.97 Å². The molecule has 0 bridgehead atoms. The number of para-hydroxylation sites is 1. The number of aromatic nitrogens is 2. The Labute approximate surface area is 115 Å². The van der Waals surface area contributed by atoms with E-state index in [1.54, 1.807) is 6.92 Å². The summed E-state index contributed by atoms with van der Waals surface area (Å²) in [6.45, 7) is 2.30. The third kappa shape index (κ3) is 1.85. The molecule has 0 radical (unpaired) electrons. The largest absolute Gasteiger partial charge is 0.461 e. The summed E-state index contributed by atoms with van der Waals surface area (Å²) in [7, 11) is 0. The lowest BCUT2D eigenvalue weighted by molar-refractivity contribution is 0.0517. The van der Waals surface area contributed by atoms with Crippen molar-refractivity contribution in [2.45, 2.75) is 13.5 Å². The van der Waals surface area contributed by atoms with Crippen LogP contribution in [0.15, 0.2) is 30.3 Å². The maximum absolute atomic E-state index is 11.9. The second-order valence-corrected chi connectivity index (χ2v) is 4.33. The molecule has 0 unspecified atom stereocenters. The SMILES string of the molecule is CCOC(=O)c1nn(-c2ccccc2)c2c1CNC2=O. The highest BCUT2D eigenvalue weighted by Crippen LogP contribution is 2.23. The van der Waals surface area contributed by atoms with Gasteiger partial charge in [-0.25, -0.2) is 9.48 Å². The molecule has 1 N–H and O–H groups in total. The molecule has 2 aromatic rings. The Morgan fingerprint density at radius 2 is 2.15 bits per heavy atom. The summed E-state index contributed by atoms with van der Waals surface area (Å²) >= 11 is 0. The number of rotatable bonds is 3. The van der Waals surface area contributed by atoms with Gasteiger partial charge in [-0.3, -0.25) is 4.79 Å². The third-order valence-electron chi connectivity index (χ3n) is 3.09. The number of amides is 1. The van der Waals surface area contributed by atoms with E-state index in [0.29, 0.717) is 17.8 Å². The molecule has 0 spiro atoms. The predicted molar refractivity (Wildman–Crippen MR) is 70.7 cm³/mol. The highest BCUT2D eigenvalue weighted by Gasteiger charge is 2.32. The van der Waals surface area contributed by atoms with E-state index in [9.17, 15) is 9.59 Å². The summed E-state index contributed by atoms with van der Waals surface area (Å²) in [5.41, 5.74) is 1.93. The number of carbonyl (C=O) groups excluding carboxylic acids is 2. The van der Waals surface area contributed by atoms with Crippen molar-refractivity contribution in [1.82, 2.24) is 15.1 Å². The lowest BCUT2D eigenvalue weighted by Crippen LogP contribution is -2.18. The number of carbonyl (C=O) groups is 2. The first-order chi connectivity index (χ1) is 9.72. The van der Waals surface area contributed by atoms with Crippen molar-refractivity contribution in [3.63, 3.8) is 0 Å². The highest BCUT2D eigenvalue weighted by atomic mass is 16.5. The lowest BCUT2D eigenvalue weighted by Gasteiger charge is -2.04. The molecule has 1 aliphatic rings. The van der Waals surface area contributed by atoms with Crippen molar-refractivity contribution < 1.29 is 14.3 Å². The maximum Gasteiger partial charge on any atom is 0.359 e. The first-order valence-electron chi connectivity index (χ1n) is 6.35. The predicted octanol–water partition coefficient (Wildman–Crippen LogP) is 1.29. The Hall–Kier alpha value is -2.63. The fraction of sp³-hybridized carbons (Fsp3) is 0.214. The Balaban J connectivity index is 2.15. The van der Waals surface area contributed by atoms with Gasteiger partial charge in [0, 0.05) is 12.1 Å². The van der Waals surface area contributed by atoms with Gasteiger partial charge in [-0.05, 0) is 19.1 Å². The van der Waals surface area contributed by atoms with E-state index in [-0.39, 0.29) is 18.2 Å². The number of ether oxygens (including phenoxy) is 1. The topological polar surface area (TPSA) is 73.2 Å². The zero-order valence-corrected chi connectivity index (χ0v) is 10.9. The van der Waals surface area contributed by atoms with Crippen LogP contribution in [0.4, 0.5) is 0 Å². The fourth-order valence-corrected chi connectivity index (χ4v) is 2.22. The van der Waals surface area contributed by atoms with Gasteiger partial charge in [0.1, 0.15) is 5.69 Å². The van der Waals surface area contributed by atoms with Gasteiger partial charge < -0.3 is 10.1 Å². The minimum Gasteiger partial charge on any atom is -0.461 e. The average Bonchev–Trinajstić information content (AvgIpc) is 3.01. The highest BCUT2D eigenvalue weighted by molar-refractivity contribution is 6.01. The van der Waals surface area contributed by atoms with Gasteiger partial charge in [0.05, 0.1) is 12.3 Å². The molecule has 2 heterocycles. The maximum atomic E-state index is 11.9. The molecule has 3 rings (SSSR count). The Kier molecular flexibility index (Phi) is 2.98. The van der Waals surface area contributed by atoms with Gasteiger partial charge in [-0.2, -0.15) is 5.10 Å². The molecule has 6 heteroatoms. The molecule has 1 amide bonds. The lowest BCUT2D eigenvalue weighted by atomic mass is 10.2. The van der Waals surface area contributed by atoms with Crippen molar-refractivity contribution in [3.8, 4) is 5.69 Å². The van der Waals surface area contributed by atoms with Crippen molar-refractivity contribution in [3.05, 3.63) is 47.3 Å². The van der Waals surface area contributed by atoms with Crippen LogP contribution in [0.1, 0.15) is 33.5 Å². The number of fused-ring (bicyclic) bond motifs is 1. The quantitative estimate of drug-likeness (QED) is 0.854. The monoisotopic (exact) mass is 271 g/mol. The Bertz CT molecular complexity index is 676. The van der Waals surface area contributed by atoms with E-state index >= 15 is 0 Å². The van der Waals surface area contributed by atoms with Crippen LogP contribution in [0, 0.1) is 0 Å². The molecule has 1 aromatic heterocycles. The van der Waals surface area contributed by atoms with E-state index in [1.165, 1.54) is 4.68 Å². The summed E-state index contributed by atoms with van der Waals surface area (Å²) < 4.78 is 6.47. The summed E-state index contributed by atoms with van der Waals surface area (Å²) in [6, 6.07) is 9.22. The number of nitrogens with one attached hydrogen (secondary N) is 1. The standard InChI is InChI=1S/C14H13N3O3/c1-2-20-14(19)11-10-8-15-13(18)12(10)17(16-11)9-6-4-3-5-7-9/h3-7H,2,8H2,1H3,(H,15,18). The van der Waals surface area contributed by atoms with E-state index in [4.69, 9.17) is 4.74 Å². The molecular formula is C14H13N3O3. The van der Waals surface area contributed by atoms with E-state index in [1.807, 2.05) is 30.3 Å². The number of esters is 1. The molecule has 0 atom stereocenters. The summed E-state index contributed by atoms with van der Waals surface area (Å²) in [5.74, 6) is -0.734. The van der Waals surface area contributed by atoms with Crippen molar-refractivity contribution in [2.24, 2.45) is 0 Å². The van der Waals surface area contributed by atoms with Crippen molar-refractivity contribution in [1.29, 1.82) is 0 Å². The van der Waals surface area contributed by atoms with Crippen molar-refractivity contribution in [2.75, 3.05) is 6.61 Å². The van der Waals surface area contributed by atoms with Gasteiger partial charge in [0.25, 0.3) is 5.91 Å². The summed E-state index contributed by atoms with van der Waals surface area (Å²) in [5, 5.41) is 6.96. The summed E-state index contributed by atoms with van der Waals surface area (Å²) in [6.07, 6.45) is 0. The van der Waals surface area contributed by atoms with Crippen LogP contribution < -0.4 is 5.32 Å². The zero-order chi connectivity index (χ0) is 14.1. The molecular weight excluding hydrogens is 258 g/mol. The van der Waals surface area contributed by atoms with Crippen LogP contribution in [0.25, 0.3) is 5.69 Å². The van der Waals surface area contributed by atoms with Crippen LogP contribution in [-0.4, -0.2) is 28.3 Å². The number of hydrogen-bond acceptors (Lipinski definition) is 4. The molecule has 1 aliphatic heterocycles. The normalized spacial score (nSPS) is 12.9. The minimum atomic E-state index is -0.505. The molecule has 0 fully saturated rings. The van der Waals surface area contributed by atoms with E-state index in [0.717, 1.165) is 5.69 Å². The smallest absolute Gasteiger partial charge is 0.359 e. The first kappa shape index (κ1) is 12.4. The van der Waals surface area contributed by atoms with Gasteiger partial charge in [-0.1, -0.05) is 18.2 Å². The second kappa shape index (κ2) is 4.80. The molecule has 0 saturated heterocycles. The van der Waals surface area contributed by atoms with Crippen LogP contribution in [0.2, 0.25) is 0 Å².